The van der Waals surface area contributed by atoms with E-state index < -0.39 is 50.1 Å². The number of amides is 3. The van der Waals surface area contributed by atoms with Crippen molar-refractivity contribution in [2.45, 2.75) is 67.9 Å². The molecular formula is C32H35F3N4O8S. The van der Waals surface area contributed by atoms with E-state index in [1.807, 2.05) is 0 Å². The summed E-state index contributed by atoms with van der Waals surface area (Å²) in [7, 11) is -3.95. The Balaban J connectivity index is 1.20. The minimum absolute atomic E-state index is 0.0153. The maximum atomic E-state index is 14.3. The van der Waals surface area contributed by atoms with E-state index in [2.05, 4.69) is 10.1 Å². The van der Waals surface area contributed by atoms with Crippen molar-refractivity contribution < 1.29 is 49.9 Å². The summed E-state index contributed by atoms with van der Waals surface area (Å²) in [5.74, 6) is -1.30. The lowest BCUT2D eigenvalue weighted by molar-refractivity contribution is -0.138. The van der Waals surface area contributed by atoms with Gasteiger partial charge < -0.3 is 23.6 Å². The summed E-state index contributed by atoms with van der Waals surface area (Å²) < 4.78 is 90.9. The molecule has 1 atom stereocenters. The van der Waals surface area contributed by atoms with Crippen LogP contribution in [0.1, 0.15) is 51.0 Å². The van der Waals surface area contributed by atoms with Crippen molar-refractivity contribution in [2.75, 3.05) is 33.0 Å². The molecule has 0 spiro atoms. The van der Waals surface area contributed by atoms with E-state index in [4.69, 9.17) is 18.7 Å². The lowest BCUT2D eigenvalue weighted by Gasteiger charge is -2.30. The third-order valence-corrected chi connectivity index (χ3v) is 11.2. The largest absolute Gasteiger partial charge is 0.455 e. The molecule has 1 unspecified atom stereocenters. The number of halogens is 3. The van der Waals surface area contributed by atoms with Crippen LogP contribution in [-0.4, -0.2) is 84.1 Å². The van der Waals surface area contributed by atoms with Gasteiger partial charge in [-0.3, -0.25) is 9.69 Å². The number of rotatable bonds is 10. The third-order valence-electron chi connectivity index (χ3n) is 9.01. The van der Waals surface area contributed by atoms with Crippen LogP contribution < -0.4 is 4.74 Å². The number of carbonyl (C=O) groups excluding carboxylic acids is 2. The number of imide groups is 1. The lowest BCUT2D eigenvalue weighted by atomic mass is 9.95. The molecule has 3 fully saturated rings. The van der Waals surface area contributed by atoms with Crippen LogP contribution in [0.15, 0.2) is 51.9 Å². The average molecular weight is 693 g/mol. The molecule has 258 valence electrons. The quantitative estimate of drug-likeness (QED) is 0.251. The van der Waals surface area contributed by atoms with Crippen molar-refractivity contribution >= 4 is 21.8 Å². The van der Waals surface area contributed by atoms with Gasteiger partial charge in [-0.1, -0.05) is 17.3 Å². The van der Waals surface area contributed by atoms with Crippen molar-refractivity contribution in [3.8, 4) is 22.9 Å². The first-order valence-corrected chi connectivity index (χ1v) is 17.2. The second kappa shape index (κ2) is 13.1. The number of hydrogen-bond donors (Lipinski definition) is 0. The minimum Gasteiger partial charge on any atom is -0.455 e. The lowest BCUT2D eigenvalue weighted by Crippen LogP contribution is -2.45. The molecule has 6 rings (SSSR count). The number of nitrogens with zero attached hydrogens (tertiary/aromatic N) is 4. The summed E-state index contributed by atoms with van der Waals surface area (Å²) in [5.41, 5.74) is -2.38. The Morgan fingerprint density at radius 3 is 2.44 bits per heavy atom. The predicted octanol–water partition coefficient (Wildman–Crippen LogP) is 5.47. The number of alkyl halides is 3. The summed E-state index contributed by atoms with van der Waals surface area (Å²) in [6.07, 6.45) is -2.14. The van der Waals surface area contributed by atoms with Gasteiger partial charge in [0.2, 0.25) is 11.7 Å². The highest BCUT2D eigenvalue weighted by Gasteiger charge is 2.51. The van der Waals surface area contributed by atoms with E-state index >= 15 is 0 Å². The number of ether oxygens (including phenoxy) is 3. The van der Waals surface area contributed by atoms with Gasteiger partial charge in [-0.25, -0.2) is 13.2 Å². The zero-order valence-corrected chi connectivity index (χ0v) is 27.2. The summed E-state index contributed by atoms with van der Waals surface area (Å²) in [6, 6.07) is 8.07. The molecule has 1 aromatic heterocycles. The van der Waals surface area contributed by atoms with Gasteiger partial charge in [-0.2, -0.15) is 18.2 Å². The minimum atomic E-state index is -4.90. The Bertz CT molecular complexity index is 1780. The molecule has 0 radical (unpaired) electrons. The maximum Gasteiger partial charge on any atom is 0.420 e. The van der Waals surface area contributed by atoms with E-state index in [1.54, 1.807) is 13.8 Å². The normalized spacial score (nSPS) is 20.6. The predicted molar refractivity (Wildman–Crippen MR) is 163 cm³/mol. The molecule has 12 nitrogen and oxygen atoms in total. The summed E-state index contributed by atoms with van der Waals surface area (Å²) >= 11 is 0. The van der Waals surface area contributed by atoms with Gasteiger partial charge in [-0.15, -0.1) is 0 Å². The molecule has 2 aromatic carbocycles. The highest BCUT2D eigenvalue weighted by Crippen LogP contribution is 2.42. The topological polar surface area (TPSA) is 141 Å². The van der Waals surface area contributed by atoms with Crippen molar-refractivity contribution in [1.82, 2.24) is 19.9 Å². The van der Waals surface area contributed by atoms with Gasteiger partial charge in [0.05, 0.1) is 17.4 Å². The fraction of sp³-hybridized carbons (Fsp3) is 0.500. The van der Waals surface area contributed by atoms with E-state index in [9.17, 15) is 31.2 Å². The zero-order valence-electron chi connectivity index (χ0n) is 26.4. The fourth-order valence-corrected chi connectivity index (χ4v) is 7.85. The van der Waals surface area contributed by atoms with E-state index in [0.29, 0.717) is 25.7 Å². The molecule has 3 amide bonds. The van der Waals surface area contributed by atoms with Crippen molar-refractivity contribution in [3.05, 3.63) is 53.9 Å². The first kappa shape index (κ1) is 33.9. The Hall–Kier alpha value is -4.02. The Labute approximate surface area is 275 Å². The first-order valence-electron chi connectivity index (χ1n) is 15.6. The second-order valence-corrected chi connectivity index (χ2v) is 14.7. The van der Waals surface area contributed by atoms with E-state index in [1.165, 1.54) is 35.2 Å². The van der Waals surface area contributed by atoms with Crippen molar-refractivity contribution in [3.63, 3.8) is 0 Å². The number of carbonyl (C=O) groups is 2. The molecule has 0 bridgehead atoms. The molecule has 3 aliphatic heterocycles. The number of benzene rings is 2. The number of sulfone groups is 1. The van der Waals surface area contributed by atoms with Gasteiger partial charge in [0.1, 0.15) is 28.5 Å². The van der Waals surface area contributed by atoms with Gasteiger partial charge in [0.25, 0.3) is 5.91 Å². The Morgan fingerprint density at radius 2 is 1.73 bits per heavy atom. The number of aromatic nitrogens is 2. The highest BCUT2D eigenvalue weighted by atomic mass is 32.2. The molecule has 4 heterocycles. The van der Waals surface area contributed by atoms with Crippen LogP contribution in [0, 0.1) is 5.92 Å². The van der Waals surface area contributed by atoms with Gasteiger partial charge in [0, 0.05) is 31.9 Å². The Kier molecular flexibility index (Phi) is 9.26. The second-order valence-electron chi connectivity index (χ2n) is 12.5. The molecule has 3 aromatic rings. The molecule has 3 aliphatic rings. The third kappa shape index (κ3) is 6.65. The van der Waals surface area contributed by atoms with Gasteiger partial charge in [0.15, 0.2) is 9.84 Å². The molecule has 48 heavy (non-hydrogen) atoms. The van der Waals surface area contributed by atoms with Gasteiger partial charge in [-0.05, 0) is 75.8 Å². The standard InChI is InChI=1S/C32H35F3N4O8S/c1-31(2)29(40)38(30(41)39(31)13-9-20-10-14-44-15-11-20)18-27-36-28(37-47-27)21-7-8-24(23(17-21)32(33,34)35)46-25-5-3-4-6-26(25)48(42,43)22-12-16-45-19-22/h3-8,17,20,22H,9-16,18-19H2,1-2H3. The van der Waals surface area contributed by atoms with Crippen LogP contribution in [0.2, 0.25) is 0 Å². The van der Waals surface area contributed by atoms with E-state index in [-0.39, 0.29) is 54.1 Å². The SMILES string of the molecule is CC1(C)C(=O)N(Cc2nc(-c3ccc(Oc4ccccc4S(=O)(=O)C4CCOC4)c(C(F)(F)F)c3)no2)C(=O)N1CCC1CCOCC1. The monoisotopic (exact) mass is 692 g/mol. The van der Waals surface area contributed by atoms with Crippen LogP contribution in [0.25, 0.3) is 11.4 Å². The summed E-state index contributed by atoms with van der Waals surface area (Å²) in [4.78, 5) is 33.0. The smallest absolute Gasteiger partial charge is 0.420 e. The highest BCUT2D eigenvalue weighted by molar-refractivity contribution is 7.92. The molecule has 0 aliphatic carbocycles. The van der Waals surface area contributed by atoms with Crippen LogP contribution in [0.3, 0.4) is 0 Å². The van der Waals surface area contributed by atoms with Crippen LogP contribution in [-0.2, 0) is 36.8 Å². The molecule has 3 saturated heterocycles. The molecule has 0 N–H and O–H groups in total. The van der Waals surface area contributed by atoms with Crippen molar-refractivity contribution in [2.24, 2.45) is 5.92 Å². The number of para-hydroxylation sites is 1. The summed E-state index contributed by atoms with van der Waals surface area (Å²) in [6.45, 7) is 4.94. The molecular weight excluding hydrogens is 657 g/mol. The molecule has 0 saturated carbocycles. The van der Waals surface area contributed by atoms with Crippen LogP contribution in [0.4, 0.5) is 18.0 Å². The number of urea groups is 1. The first-order chi connectivity index (χ1) is 22.8. The Morgan fingerprint density at radius 1 is 1.00 bits per heavy atom. The average Bonchev–Trinajstić information content (AvgIpc) is 3.80. The van der Waals surface area contributed by atoms with Crippen LogP contribution >= 0.6 is 0 Å². The maximum absolute atomic E-state index is 14.3. The fourth-order valence-electron chi connectivity index (χ4n) is 6.16. The van der Waals surface area contributed by atoms with E-state index in [0.717, 1.165) is 36.3 Å². The zero-order chi connectivity index (χ0) is 34.3. The van der Waals surface area contributed by atoms with Crippen LogP contribution in [0.5, 0.6) is 11.5 Å². The molecule has 16 heteroatoms. The van der Waals surface area contributed by atoms with Crippen molar-refractivity contribution in [1.29, 1.82) is 0 Å². The van der Waals surface area contributed by atoms with Gasteiger partial charge >= 0.3 is 12.2 Å². The number of hydrogen-bond acceptors (Lipinski definition) is 10. The summed E-state index contributed by atoms with van der Waals surface area (Å²) in [5, 5.41) is 2.96.